The van der Waals surface area contributed by atoms with Crippen molar-refractivity contribution in [2.75, 3.05) is 49.4 Å². The highest BCUT2D eigenvalue weighted by molar-refractivity contribution is 7.99. The van der Waals surface area contributed by atoms with Gasteiger partial charge in [0.15, 0.2) is 0 Å². The molecule has 0 aliphatic rings. The van der Waals surface area contributed by atoms with E-state index in [1.807, 2.05) is 0 Å². The molecule has 65 heavy (non-hydrogen) atoms. The van der Waals surface area contributed by atoms with Crippen molar-refractivity contribution in [3.63, 3.8) is 0 Å². The molecule has 0 aromatic carbocycles. The van der Waals surface area contributed by atoms with Gasteiger partial charge in [0.1, 0.15) is 6.54 Å². The van der Waals surface area contributed by atoms with Crippen LogP contribution in [0.4, 0.5) is 43.9 Å². The van der Waals surface area contributed by atoms with Gasteiger partial charge in [-0.05, 0) is 61.5 Å². The number of esters is 4. The zero-order chi connectivity index (χ0) is 48.1. The first-order valence-corrected chi connectivity index (χ1v) is 21.2. The second-order valence-corrected chi connectivity index (χ2v) is 15.5. The Bertz CT molecular complexity index is 1780. The largest absolute Gasteiger partial charge is 0.466 e. The summed E-state index contributed by atoms with van der Waals surface area (Å²) in [5, 5.41) is 0. The smallest absolute Gasteiger partial charge is 0.430 e. The molecule has 27 heteroatoms. The number of thioether (sulfide) groups is 2. The summed E-state index contributed by atoms with van der Waals surface area (Å²) in [5.74, 6) is -20.1. The quantitative estimate of drug-likeness (QED) is 0.0239. The lowest BCUT2D eigenvalue weighted by molar-refractivity contribution is -0.485. The van der Waals surface area contributed by atoms with Crippen LogP contribution in [0.25, 0.3) is 0 Å². The summed E-state index contributed by atoms with van der Waals surface area (Å²) in [6.07, 6.45) is -10.9. The number of aromatic nitrogens is 3. The van der Waals surface area contributed by atoms with Crippen molar-refractivity contribution in [3.05, 3.63) is 56.8 Å². The predicted molar refractivity (Wildman–Crippen MR) is 220 cm³/mol. The molecule has 1 heterocycles. The number of carbonyl (C=O) groups is 4. The second kappa shape index (κ2) is 29.4. The minimum absolute atomic E-state index is 0. The average molecular weight is 1000 g/mol. The maximum Gasteiger partial charge on any atom is 0.430 e. The van der Waals surface area contributed by atoms with Crippen LogP contribution in [-0.2, 0) is 62.5 Å². The highest BCUT2D eigenvalue weighted by Crippen LogP contribution is 2.50. The molecule has 376 valence electrons. The average Bonchev–Trinajstić information content (AvgIpc) is 3.19. The van der Waals surface area contributed by atoms with Crippen molar-refractivity contribution >= 4 is 47.4 Å². The Morgan fingerprint density at radius 2 is 0.908 bits per heavy atom. The Kier molecular flexibility index (Phi) is 28.4. The van der Waals surface area contributed by atoms with Crippen LogP contribution in [-0.4, -0.2) is 117 Å². The minimum Gasteiger partial charge on any atom is -0.466 e. The van der Waals surface area contributed by atoms with Gasteiger partial charge in [-0.15, -0.1) is 0 Å². The summed E-state index contributed by atoms with van der Waals surface area (Å²) >= 11 is 2.41. The number of halogens is 10. The molecule has 0 N–H and O–H groups in total. The van der Waals surface area contributed by atoms with Crippen molar-refractivity contribution in [2.45, 2.75) is 123 Å². The van der Waals surface area contributed by atoms with Gasteiger partial charge < -0.3 is 18.9 Å². The molecule has 0 spiro atoms. The van der Waals surface area contributed by atoms with E-state index in [1.165, 1.54) is 23.5 Å². The van der Waals surface area contributed by atoms with Crippen LogP contribution >= 0.6 is 23.5 Å². The molecule has 1 rings (SSSR count). The van der Waals surface area contributed by atoms with Crippen molar-refractivity contribution in [1.29, 1.82) is 0 Å². The van der Waals surface area contributed by atoms with E-state index in [2.05, 4.69) is 17.9 Å². The maximum atomic E-state index is 14.9. The number of ether oxygens (including phenoxy) is 5. The first-order chi connectivity index (χ1) is 29.3. The second-order valence-electron chi connectivity index (χ2n) is 13.1. The Morgan fingerprint density at radius 3 is 1.28 bits per heavy atom. The van der Waals surface area contributed by atoms with E-state index in [-0.39, 0.29) is 100 Å². The van der Waals surface area contributed by atoms with Gasteiger partial charge >= 0.3 is 70.9 Å². The standard InChI is InChI=1S/C36H47F10N3O12S2.2CH4/c1-4-25(50)57-16-6-12-27(52)59-18-10-22-62-20-8-14-47-29(54)48(15-9-21-63-23-11-19-60-28(53)13-7-17-58-26(51)5-2)31(56)49(30(47)55)24-33(39,40)35(43,44)61-36(45,46)34(41,42)32(3,37)38;;/h4-5H,1-2,6-24H2,3H3;2*1H4. The monoisotopic (exact) mass is 999 g/mol. The summed E-state index contributed by atoms with van der Waals surface area (Å²) in [6.45, 7) is 1.50. The van der Waals surface area contributed by atoms with Gasteiger partial charge in [0, 0.05) is 45.0 Å². The predicted octanol–water partition coefficient (Wildman–Crippen LogP) is 6.70. The fourth-order valence-electron chi connectivity index (χ4n) is 4.63. The fraction of sp³-hybridized carbons (Fsp3) is 0.711. The van der Waals surface area contributed by atoms with Crippen LogP contribution in [0.1, 0.15) is 73.1 Å². The number of alkyl halides is 10. The summed E-state index contributed by atoms with van der Waals surface area (Å²) in [6, 6.07) is 0. The first kappa shape index (κ1) is 62.8. The highest BCUT2D eigenvalue weighted by atomic mass is 32.2. The molecule has 0 aliphatic heterocycles. The third-order valence-corrected chi connectivity index (χ3v) is 10.3. The molecule has 0 bridgehead atoms. The SMILES string of the molecule is C.C.C=CC(=O)OCCCC(=O)OCCCSCCCn1c(=O)n(CCCSCCCOC(=O)CCCOC(=O)C=C)c(=O)n(CC(F)(F)C(F)(F)OC(F)(F)C(F)(F)C(C)(F)F)c1=O. The molecule has 0 unspecified atom stereocenters. The number of nitrogens with zero attached hydrogens (tertiary/aromatic N) is 3. The number of carbonyl (C=O) groups excluding carboxylic acids is 4. The van der Waals surface area contributed by atoms with Crippen molar-refractivity contribution in [2.24, 2.45) is 0 Å². The minimum atomic E-state index is -6.91. The molecule has 15 nitrogen and oxygen atoms in total. The maximum absolute atomic E-state index is 14.9. The van der Waals surface area contributed by atoms with Gasteiger partial charge in [-0.2, -0.15) is 67.4 Å². The summed E-state index contributed by atoms with van der Waals surface area (Å²) in [7, 11) is 0. The van der Waals surface area contributed by atoms with Crippen molar-refractivity contribution < 1.29 is 86.8 Å². The number of rotatable bonds is 33. The number of hydrogen-bond donors (Lipinski definition) is 0. The molecular formula is C38H55F10N3O12S2. The molecule has 1 aromatic heterocycles. The molecule has 0 amide bonds. The van der Waals surface area contributed by atoms with Gasteiger partial charge in [0.05, 0.1) is 26.4 Å². The third kappa shape index (κ3) is 20.8. The number of hydrogen-bond acceptors (Lipinski definition) is 14. The van der Waals surface area contributed by atoms with Crippen LogP contribution in [0.2, 0.25) is 0 Å². The lowest BCUT2D eigenvalue weighted by atomic mass is 10.2. The van der Waals surface area contributed by atoms with E-state index < -0.39 is 102 Å². The van der Waals surface area contributed by atoms with E-state index in [9.17, 15) is 77.5 Å². The summed E-state index contributed by atoms with van der Waals surface area (Å²) in [4.78, 5) is 85.2. The van der Waals surface area contributed by atoms with Gasteiger partial charge in [0.2, 0.25) is 0 Å². The van der Waals surface area contributed by atoms with E-state index in [0.29, 0.717) is 24.3 Å². The van der Waals surface area contributed by atoms with Gasteiger partial charge in [-0.1, -0.05) is 28.0 Å². The Balaban J connectivity index is 0. The van der Waals surface area contributed by atoms with Gasteiger partial charge in [-0.3, -0.25) is 9.59 Å². The zero-order valence-corrected chi connectivity index (χ0v) is 35.5. The lowest BCUT2D eigenvalue weighted by Gasteiger charge is -2.34. The normalized spacial score (nSPS) is 12.0. The Hall–Kier alpha value is -4.27. The molecule has 1 aromatic rings. The van der Waals surface area contributed by atoms with Crippen molar-refractivity contribution in [3.8, 4) is 0 Å². The molecule has 0 aliphatic carbocycles. The molecule has 0 saturated heterocycles. The molecule has 0 fully saturated rings. The van der Waals surface area contributed by atoms with E-state index in [0.717, 1.165) is 12.2 Å². The Morgan fingerprint density at radius 1 is 0.554 bits per heavy atom. The first-order valence-electron chi connectivity index (χ1n) is 18.8. The zero-order valence-electron chi connectivity index (χ0n) is 33.8. The lowest BCUT2D eigenvalue weighted by Crippen LogP contribution is -2.61. The molecule has 0 radical (unpaired) electrons. The van der Waals surface area contributed by atoms with Crippen LogP contribution in [0.5, 0.6) is 0 Å². The van der Waals surface area contributed by atoms with Crippen LogP contribution in [0, 0.1) is 0 Å². The third-order valence-electron chi connectivity index (χ3n) is 7.95. The molecular weight excluding hydrogens is 945 g/mol. The van der Waals surface area contributed by atoms with E-state index >= 15 is 0 Å². The highest BCUT2D eigenvalue weighted by Gasteiger charge is 2.75. The van der Waals surface area contributed by atoms with Crippen LogP contribution < -0.4 is 17.1 Å². The fourth-order valence-corrected chi connectivity index (χ4v) is 6.35. The van der Waals surface area contributed by atoms with Gasteiger partial charge in [-0.25, -0.2) is 42.4 Å². The molecule has 0 saturated carbocycles. The topological polar surface area (TPSA) is 180 Å². The van der Waals surface area contributed by atoms with Crippen molar-refractivity contribution in [1.82, 2.24) is 13.7 Å². The Labute approximate surface area is 376 Å². The van der Waals surface area contributed by atoms with Crippen LogP contribution in [0.3, 0.4) is 0 Å². The summed E-state index contributed by atoms with van der Waals surface area (Å²) < 4.78 is 162. The van der Waals surface area contributed by atoms with E-state index in [4.69, 9.17) is 18.9 Å². The van der Waals surface area contributed by atoms with Gasteiger partial charge in [0.25, 0.3) is 0 Å². The van der Waals surface area contributed by atoms with Crippen LogP contribution in [0.15, 0.2) is 39.7 Å². The molecule has 0 atom stereocenters. The summed E-state index contributed by atoms with van der Waals surface area (Å²) in [5.41, 5.74) is -5.23. The van der Waals surface area contributed by atoms with E-state index in [1.54, 1.807) is 0 Å².